The molecule has 0 radical (unpaired) electrons. The van der Waals surface area contributed by atoms with Gasteiger partial charge in [0, 0.05) is 12.5 Å². The van der Waals surface area contributed by atoms with Crippen molar-refractivity contribution in [1.29, 1.82) is 0 Å². The van der Waals surface area contributed by atoms with Gasteiger partial charge in [-0.1, -0.05) is 12.8 Å². The van der Waals surface area contributed by atoms with Crippen LogP contribution in [0.3, 0.4) is 0 Å². The zero-order chi connectivity index (χ0) is 14.7. The third kappa shape index (κ3) is 3.93. The van der Waals surface area contributed by atoms with Crippen LogP contribution in [-0.4, -0.2) is 36.3 Å². The predicted octanol–water partition coefficient (Wildman–Crippen LogP) is -1.39. The monoisotopic (exact) mass is 282 g/mol. The van der Waals surface area contributed by atoms with Gasteiger partial charge in [0.2, 0.25) is 17.7 Å². The molecule has 2 fully saturated rings. The van der Waals surface area contributed by atoms with Crippen molar-refractivity contribution >= 4 is 17.7 Å². The lowest BCUT2D eigenvalue weighted by molar-refractivity contribution is -0.129. The van der Waals surface area contributed by atoms with Crippen molar-refractivity contribution in [3.63, 3.8) is 0 Å². The standard InChI is InChI=1S/C13H22N4O3/c14-9(5-7-1-2-7)13(20)17-10(11(15)18)6-8-3-4-16-12(8)19/h7-10H,1-6,14H2,(H2,15,18)(H,16,19)(H,17,20)/t8-,9-,10-/m0/s1. The first-order chi connectivity index (χ1) is 9.47. The van der Waals surface area contributed by atoms with Crippen LogP contribution in [0.1, 0.15) is 32.1 Å². The fraction of sp³-hybridized carbons (Fsp3) is 0.769. The quantitative estimate of drug-likeness (QED) is 0.458. The number of hydrogen-bond donors (Lipinski definition) is 4. The summed E-state index contributed by atoms with van der Waals surface area (Å²) in [7, 11) is 0. The third-order valence-electron chi connectivity index (χ3n) is 3.96. The molecule has 20 heavy (non-hydrogen) atoms. The molecule has 7 nitrogen and oxygen atoms in total. The highest BCUT2D eigenvalue weighted by molar-refractivity contribution is 5.89. The summed E-state index contributed by atoms with van der Waals surface area (Å²) in [5, 5.41) is 5.27. The fourth-order valence-electron chi connectivity index (χ4n) is 2.50. The molecule has 7 heteroatoms. The first kappa shape index (κ1) is 14.8. The van der Waals surface area contributed by atoms with Crippen LogP contribution in [0.5, 0.6) is 0 Å². The highest BCUT2D eigenvalue weighted by Gasteiger charge is 2.32. The van der Waals surface area contributed by atoms with Crippen molar-refractivity contribution in [1.82, 2.24) is 10.6 Å². The van der Waals surface area contributed by atoms with Crippen molar-refractivity contribution in [2.45, 2.75) is 44.2 Å². The van der Waals surface area contributed by atoms with Crippen LogP contribution >= 0.6 is 0 Å². The van der Waals surface area contributed by atoms with Crippen molar-refractivity contribution in [3.05, 3.63) is 0 Å². The Morgan fingerprint density at radius 3 is 2.50 bits per heavy atom. The minimum Gasteiger partial charge on any atom is -0.368 e. The van der Waals surface area contributed by atoms with E-state index in [-0.39, 0.29) is 24.2 Å². The first-order valence-corrected chi connectivity index (χ1v) is 7.10. The van der Waals surface area contributed by atoms with Gasteiger partial charge in [-0.05, 0) is 25.2 Å². The van der Waals surface area contributed by atoms with E-state index in [1.807, 2.05) is 0 Å². The zero-order valence-electron chi connectivity index (χ0n) is 11.4. The highest BCUT2D eigenvalue weighted by atomic mass is 16.2. The normalized spacial score (nSPS) is 24.9. The van der Waals surface area contributed by atoms with Gasteiger partial charge < -0.3 is 22.1 Å². The Hall–Kier alpha value is -1.63. The SMILES string of the molecule is NC(=O)[C@H](C[C@@H]1CCNC1=O)NC(=O)[C@@H](N)CC1CC1. The summed E-state index contributed by atoms with van der Waals surface area (Å²) in [6, 6.07) is -1.44. The predicted molar refractivity (Wildman–Crippen MR) is 72.2 cm³/mol. The number of primary amides is 1. The Morgan fingerprint density at radius 2 is 2.00 bits per heavy atom. The molecular weight excluding hydrogens is 260 g/mol. The lowest BCUT2D eigenvalue weighted by Crippen LogP contribution is -2.51. The van der Waals surface area contributed by atoms with E-state index in [4.69, 9.17) is 11.5 Å². The molecular formula is C13H22N4O3. The fourth-order valence-corrected chi connectivity index (χ4v) is 2.50. The largest absolute Gasteiger partial charge is 0.368 e. The molecule has 6 N–H and O–H groups in total. The summed E-state index contributed by atoms with van der Waals surface area (Å²) in [4.78, 5) is 34.9. The number of nitrogens with two attached hydrogens (primary N) is 2. The van der Waals surface area contributed by atoms with Gasteiger partial charge in [0.1, 0.15) is 6.04 Å². The van der Waals surface area contributed by atoms with E-state index >= 15 is 0 Å². The molecule has 2 rings (SSSR count). The minimum absolute atomic E-state index is 0.0900. The maximum Gasteiger partial charge on any atom is 0.240 e. The van der Waals surface area contributed by atoms with Gasteiger partial charge >= 0.3 is 0 Å². The number of amides is 3. The van der Waals surface area contributed by atoms with Gasteiger partial charge in [-0.3, -0.25) is 14.4 Å². The second kappa shape index (κ2) is 6.21. The van der Waals surface area contributed by atoms with Crippen LogP contribution in [0.25, 0.3) is 0 Å². The molecule has 0 unspecified atom stereocenters. The lowest BCUT2D eigenvalue weighted by Gasteiger charge is -2.20. The second-order valence-corrected chi connectivity index (χ2v) is 5.76. The molecule has 3 atom stereocenters. The van der Waals surface area contributed by atoms with Crippen LogP contribution in [0, 0.1) is 11.8 Å². The van der Waals surface area contributed by atoms with Gasteiger partial charge in [0.05, 0.1) is 6.04 Å². The molecule has 3 amide bonds. The number of rotatable bonds is 7. The van der Waals surface area contributed by atoms with Crippen molar-refractivity contribution in [3.8, 4) is 0 Å². The number of hydrogen-bond acceptors (Lipinski definition) is 4. The number of carbonyl (C=O) groups is 3. The molecule has 0 aromatic heterocycles. The number of carbonyl (C=O) groups excluding carboxylic acids is 3. The van der Waals surface area contributed by atoms with Crippen molar-refractivity contribution < 1.29 is 14.4 Å². The van der Waals surface area contributed by atoms with E-state index < -0.39 is 18.0 Å². The van der Waals surface area contributed by atoms with Crippen molar-refractivity contribution in [2.75, 3.05) is 6.54 Å². The molecule has 0 bridgehead atoms. The maximum absolute atomic E-state index is 11.9. The van der Waals surface area contributed by atoms with Crippen LogP contribution in [0.15, 0.2) is 0 Å². The molecule has 0 spiro atoms. The van der Waals surface area contributed by atoms with Gasteiger partial charge in [0.15, 0.2) is 0 Å². The zero-order valence-corrected chi connectivity index (χ0v) is 11.4. The van der Waals surface area contributed by atoms with E-state index in [2.05, 4.69) is 10.6 Å². The van der Waals surface area contributed by atoms with E-state index in [0.29, 0.717) is 25.3 Å². The highest BCUT2D eigenvalue weighted by Crippen LogP contribution is 2.33. The average Bonchev–Trinajstić information content (AvgIpc) is 3.11. The van der Waals surface area contributed by atoms with Gasteiger partial charge in [-0.2, -0.15) is 0 Å². The Bertz CT molecular complexity index is 408. The molecule has 1 aliphatic carbocycles. The smallest absolute Gasteiger partial charge is 0.240 e. The minimum atomic E-state index is -0.832. The molecule has 1 saturated carbocycles. The van der Waals surface area contributed by atoms with Crippen LogP contribution < -0.4 is 22.1 Å². The van der Waals surface area contributed by atoms with E-state index in [0.717, 1.165) is 12.8 Å². The first-order valence-electron chi connectivity index (χ1n) is 7.10. The molecule has 1 heterocycles. The van der Waals surface area contributed by atoms with Gasteiger partial charge in [0.25, 0.3) is 0 Å². The molecule has 1 aliphatic heterocycles. The summed E-state index contributed by atoms with van der Waals surface area (Å²) < 4.78 is 0. The lowest BCUT2D eigenvalue weighted by atomic mass is 9.97. The molecule has 1 saturated heterocycles. The maximum atomic E-state index is 11.9. The molecule has 0 aromatic carbocycles. The number of nitrogens with one attached hydrogen (secondary N) is 2. The van der Waals surface area contributed by atoms with Crippen LogP contribution in [-0.2, 0) is 14.4 Å². The summed E-state index contributed by atoms with van der Waals surface area (Å²) in [5.41, 5.74) is 11.1. The Kier molecular flexibility index (Phi) is 4.59. The van der Waals surface area contributed by atoms with Gasteiger partial charge in [-0.25, -0.2) is 0 Å². The van der Waals surface area contributed by atoms with E-state index in [9.17, 15) is 14.4 Å². The summed E-state index contributed by atoms with van der Waals surface area (Å²) in [5.74, 6) is -0.820. The average molecular weight is 282 g/mol. The summed E-state index contributed by atoms with van der Waals surface area (Å²) >= 11 is 0. The Balaban J connectivity index is 1.85. The Labute approximate surface area is 117 Å². The topological polar surface area (TPSA) is 127 Å². The molecule has 2 aliphatic rings. The summed E-state index contributed by atoms with van der Waals surface area (Å²) in [6.07, 6.45) is 3.77. The van der Waals surface area contributed by atoms with Gasteiger partial charge in [-0.15, -0.1) is 0 Å². The van der Waals surface area contributed by atoms with E-state index in [1.54, 1.807) is 0 Å². The molecule has 112 valence electrons. The van der Waals surface area contributed by atoms with Crippen molar-refractivity contribution in [2.24, 2.45) is 23.3 Å². The third-order valence-corrected chi connectivity index (χ3v) is 3.96. The second-order valence-electron chi connectivity index (χ2n) is 5.76. The van der Waals surface area contributed by atoms with E-state index in [1.165, 1.54) is 0 Å². The van der Waals surface area contributed by atoms with Crippen LogP contribution in [0.4, 0.5) is 0 Å². The Morgan fingerprint density at radius 1 is 1.30 bits per heavy atom. The van der Waals surface area contributed by atoms with Crippen LogP contribution in [0.2, 0.25) is 0 Å². The summed E-state index contributed by atoms with van der Waals surface area (Å²) in [6.45, 7) is 0.601. The molecule has 0 aromatic rings.